The van der Waals surface area contributed by atoms with Gasteiger partial charge in [0.1, 0.15) is 6.04 Å². The molecule has 0 saturated heterocycles. The average molecular weight is 296 g/mol. The maximum atomic E-state index is 12.3. The van der Waals surface area contributed by atoms with Crippen LogP contribution >= 0.6 is 0 Å². The van der Waals surface area contributed by atoms with Crippen molar-refractivity contribution in [1.29, 1.82) is 0 Å². The molecule has 1 amide bonds. The summed E-state index contributed by atoms with van der Waals surface area (Å²) in [5.74, 6) is -0.0385. The zero-order chi connectivity index (χ0) is 16.1. The second-order valence-electron chi connectivity index (χ2n) is 5.78. The quantitative estimate of drug-likeness (QED) is 0.863. The number of carbonyl (C=O) groups excluding carboxylic acids is 1. The summed E-state index contributed by atoms with van der Waals surface area (Å²) in [6, 6.07) is 13.9. The second-order valence-corrected chi connectivity index (χ2v) is 5.78. The molecule has 0 aliphatic carbocycles. The van der Waals surface area contributed by atoms with Gasteiger partial charge in [0.15, 0.2) is 0 Å². The maximum absolute atomic E-state index is 12.3. The molecule has 0 unspecified atom stereocenters. The van der Waals surface area contributed by atoms with Crippen LogP contribution in [0, 0.1) is 13.8 Å². The molecule has 22 heavy (non-hydrogen) atoms. The first-order chi connectivity index (χ1) is 10.5. The smallest absolute Gasteiger partial charge is 0.246 e. The Kier molecular flexibility index (Phi) is 5.21. The van der Waals surface area contributed by atoms with Crippen LogP contribution < -0.4 is 10.6 Å². The van der Waals surface area contributed by atoms with Gasteiger partial charge >= 0.3 is 0 Å². The molecule has 0 radical (unpaired) electrons. The van der Waals surface area contributed by atoms with Crippen molar-refractivity contribution in [2.45, 2.75) is 40.2 Å². The Labute approximate surface area is 132 Å². The van der Waals surface area contributed by atoms with Crippen LogP contribution in [0.2, 0.25) is 0 Å². The van der Waals surface area contributed by atoms with Crippen molar-refractivity contribution in [3.63, 3.8) is 0 Å². The predicted molar refractivity (Wildman–Crippen MR) is 93.5 cm³/mol. The Morgan fingerprint density at radius 2 is 1.59 bits per heavy atom. The number of aryl methyl sites for hydroxylation is 3. The average Bonchev–Trinajstić information content (AvgIpc) is 2.46. The van der Waals surface area contributed by atoms with Gasteiger partial charge in [-0.05, 0) is 68.1 Å². The highest BCUT2D eigenvalue weighted by Gasteiger charge is 2.13. The number of carbonyl (C=O) groups is 1. The van der Waals surface area contributed by atoms with E-state index in [0.29, 0.717) is 0 Å². The van der Waals surface area contributed by atoms with E-state index in [2.05, 4.69) is 37.5 Å². The predicted octanol–water partition coefficient (Wildman–Crippen LogP) is 4.30. The van der Waals surface area contributed by atoms with E-state index in [4.69, 9.17) is 0 Å². The number of hydrogen-bond acceptors (Lipinski definition) is 2. The van der Waals surface area contributed by atoms with Crippen LogP contribution in [0.1, 0.15) is 30.5 Å². The highest BCUT2D eigenvalue weighted by Crippen LogP contribution is 2.16. The number of rotatable bonds is 5. The van der Waals surface area contributed by atoms with Gasteiger partial charge in [0.2, 0.25) is 5.91 Å². The molecule has 0 bridgehead atoms. The maximum Gasteiger partial charge on any atom is 0.246 e. The van der Waals surface area contributed by atoms with E-state index in [1.807, 2.05) is 43.3 Å². The molecule has 1 atom stereocenters. The molecule has 0 saturated carbocycles. The third-order valence-electron chi connectivity index (χ3n) is 3.63. The standard InChI is InChI=1S/C19H24N2O/c1-5-16-6-8-17(9-7-16)21-19(22)15(4)20-18-11-13(2)10-14(3)12-18/h6-12,15,20H,5H2,1-4H3,(H,21,22)/t15-/m1/s1. The summed E-state index contributed by atoms with van der Waals surface area (Å²) in [6.07, 6.45) is 0.999. The summed E-state index contributed by atoms with van der Waals surface area (Å²) in [5.41, 5.74) is 5.44. The molecule has 2 aromatic rings. The minimum absolute atomic E-state index is 0.0385. The summed E-state index contributed by atoms with van der Waals surface area (Å²) < 4.78 is 0. The lowest BCUT2D eigenvalue weighted by atomic mass is 10.1. The van der Waals surface area contributed by atoms with Crippen LogP contribution in [0.25, 0.3) is 0 Å². The first-order valence-corrected chi connectivity index (χ1v) is 7.72. The zero-order valence-corrected chi connectivity index (χ0v) is 13.7. The minimum atomic E-state index is -0.299. The van der Waals surface area contributed by atoms with Gasteiger partial charge in [-0.1, -0.05) is 25.1 Å². The van der Waals surface area contributed by atoms with Gasteiger partial charge in [0.25, 0.3) is 0 Å². The van der Waals surface area contributed by atoms with Crippen LogP contribution in [0.15, 0.2) is 42.5 Å². The lowest BCUT2D eigenvalue weighted by molar-refractivity contribution is -0.116. The first kappa shape index (κ1) is 16.1. The van der Waals surface area contributed by atoms with Crippen molar-refractivity contribution in [1.82, 2.24) is 0 Å². The second kappa shape index (κ2) is 7.12. The molecule has 0 heterocycles. The SMILES string of the molecule is CCc1ccc(NC(=O)[C@@H](C)Nc2cc(C)cc(C)c2)cc1. The van der Waals surface area contributed by atoms with E-state index in [9.17, 15) is 4.79 Å². The third kappa shape index (κ3) is 4.35. The number of benzene rings is 2. The van der Waals surface area contributed by atoms with Crippen molar-refractivity contribution >= 4 is 17.3 Å². The molecular formula is C19H24N2O. The molecule has 0 fully saturated rings. The fourth-order valence-corrected chi connectivity index (χ4v) is 2.45. The lowest BCUT2D eigenvalue weighted by Crippen LogP contribution is -2.31. The van der Waals surface area contributed by atoms with Crippen molar-refractivity contribution < 1.29 is 4.79 Å². The van der Waals surface area contributed by atoms with Crippen LogP contribution in [-0.2, 0) is 11.2 Å². The Hall–Kier alpha value is -2.29. The van der Waals surface area contributed by atoms with Gasteiger partial charge in [-0.3, -0.25) is 4.79 Å². The lowest BCUT2D eigenvalue weighted by Gasteiger charge is -2.16. The highest BCUT2D eigenvalue weighted by atomic mass is 16.2. The van der Waals surface area contributed by atoms with Crippen molar-refractivity contribution in [3.8, 4) is 0 Å². The molecule has 2 rings (SSSR count). The molecule has 2 aromatic carbocycles. The molecule has 0 aromatic heterocycles. The first-order valence-electron chi connectivity index (χ1n) is 7.72. The number of anilines is 2. The largest absolute Gasteiger partial charge is 0.374 e. The zero-order valence-electron chi connectivity index (χ0n) is 13.7. The number of amides is 1. The van der Waals surface area contributed by atoms with Crippen molar-refractivity contribution in [3.05, 3.63) is 59.2 Å². The van der Waals surface area contributed by atoms with Crippen LogP contribution in [-0.4, -0.2) is 11.9 Å². The number of nitrogens with one attached hydrogen (secondary N) is 2. The number of hydrogen-bond donors (Lipinski definition) is 2. The van der Waals surface area contributed by atoms with E-state index < -0.39 is 0 Å². The van der Waals surface area contributed by atoms with Crippen molar-refractivity contribution in [2.75, 3.05) is 10.6 Å². The van der Waals surface area contributed by atoms with Gasteiger partial charge in [0.05, 0.1) is 0 Å². The van der Waals surface area contributed by atoms with Crippen molar-refractivity contribution in [2.24, 2.45) is 0 Å². The molecule has 3 heteroatoms. The molecule has 0 spiro atoms. The van der Waals surface area contributed by atoms with E-state index >= 15 is 0 Å². The van der Waals surface area contributed by atoms with E-state index in [-0.39, 0.29) is 11.9 Å². The van der Waals surface area contributed by atoms with E-state index in [1.165, 1.54) is 16.7 Å². The van der Waals surface area contributed by atoms with Crippen LogP contribution in [0.5, 0.6) is 0 Å². The topological polar surface area (TPSA) is 41.1 Å². The molecule has 3 nitrogen and oxygen atoms in total. The Balaban J connectivity index is 1.99. The van der Waals surface area contributed by atoms with Gasteiger partial charge < -0.3 is 10.6 Å². The van der Waals surface area contributed by atoms with Gasteiger partial charge in [0, 0.05) is 11.4 Å². The van der Waals surface area contributed by atoms with Gasteiger partial charge in [-0.25, -0.2) is 0 Å². The molecular weight excluding hydrogens is 272 g/mol. The summed E-state index contributed by atoms with van der Waals surface area (Å²) in [5, 5.41) is 6.20. The summed E-state index contributed by atoms with van der Waals surface area (Å²) in [4.78, 5) is 12.3. The highest BCUT2D eigenvalue weighted by molar-refractivity contribution is 5.96. The minimum Gasteiger partial charge on any atom is -0.374 e. The van der Waals surface area contributed by atoms with Crippen LogP contribution in [0.4, 0.5) is 11.4 Å². The van der Waals surface area contributed by atoms with Gasteiger partial charge in [-0.2, -0.15) is 0 Å². The monoisotopic (exact) mass is 296 g/mol. The molecule has 2 N–H and O–H groups in total. The summed E-state index contributed by atoms with van der Waals surface area (Å²) >= 11 is 0. The Bertz CT molecular complexity index is 627. The summed E-state index contributed by atoms with van der Waals surface area (Å²) in [6.45, 7) is 8.09. The van der Waals surface area contributed by atoms with Crippen LogP contribution in [0.3, 0.4) is 0 Å². The van der Waals surface area contributed by atoms with E-state index in [1.54, 1.807) is 0 Å². The van der Waals surface area contributed by atoms with Gasteiger partial charge in [-0.15, -0.1) is 0 Å². The fourth-order valence-electron chi connectivity index (χ4n) is 2.45. The fraction of sp³-hybridized carbons (Fsp3) is 0.316. The summed E-state index contributed by atoms with van der Waals surface area (Å²) in [7, 11) is 0. The third-order valence-corrected chi connectivity index (χ3v) is 3.63. The Morgan fingerprint density at radius 3 is 2.14 bits per heavy atom. The Morgan fingerprint density at radius 1 is 1.00 bits per heavy atom. The normalized spacial score (nSPS) is 11.8. The molecule has 0 aliphatic heterocycles. The van der Waals surface area contributed by atoms with E-state index in [0.717, 1.165) is 17.8 Å². The molecule has 0 aliphatic rings. The molecule has 116 valence electrons.